The highest BCUT2D eigenvalue weighted by molar-refractivity contribution is 5.99. The average molecular weight is 314 g/mol. The zero-order chi connectivity index (χ0) is 16.6. The van der Waals surface area contributed by atoms with Gasteiger partial charge in [-0.2, -0.15) is 10.1 Å². The summed E-state index contributed by atoms with van der Waals surface area (Å²) in [6, 6.07) is 7.13. The van der Waals surface area contributed by atoms with Gasteiger partial charge in [0.2, 0.25) is 5.95 Å². The Hall–Kier alpha value is -2.70. The number of cyclic esters (lactones) is 1. The molecule has 2 aromatic rings. The molecule has 7 heteroatoms. The minimum Gasteiger partial charge on any atom is -0.448 e. The van der Waals surface area contributed by atoms with Crippen LogP contribution in [0.4, 0.5) is 5.95 Å². The third-order valence-corrected chi connectivity index (χ3v) is 3.72. The minimum atomic E-state index is -0.864. The van der Waals surface area contributed by atoms with Crippen LogP contribution < -0.4 is 5.32 Å². The molecule has 0 saturated carbocycles. The quantitative estimate of drug-likeness (QED) is 0.871. The van der Waals surface area contributed by atoms with Crippen LogP contribution in [0, 0.1) is 0 Å². The minimum absolute atomic E-state index is 0.159. The second kappa shape index (κ2) is 5.83. The van der Waals surface area contributed by atoms with Gasteiger partial charge in [-0.15, -0.1) is 0 Å². The average Bonchev–Trinajstić information content (AvgIpc) is 2.88. The highest BCUT2D eigenvalue weighted by Gasteiger charge is 2.31. The molecule has 0 saturated heterocycles. The Morgan fingerprint density at radius 1 is 1.39 bits per heavy atom. The van der Waals surface area contributed by atoms with Crippen LogP contribution in [-0.2, 0) is 23.0 Å². The number of nitrogens with zero attached hydrogens (tertiary/aromatic N) is 3. The molecule has 1 unspecified atom stereocenters. The van der Waals surface area contributed by atoms with Crippen LogP contribution in [0.3, 0.4) is 0 Å². The van der Waals surface area contributed by atoms with Crippen LogP contribution in [0.2, 0.25) is 0 Å². The smallest absolute Gasteiger partial charge is 0.339 e. The number of aryl methyl sites for hydroxylation is 1. The Morgan fingerprint density at radius 3 is 2.83 bits per heavy atom. The van der Waals surface area contributed by atoms with E-state index in [2.05, 4.69) is 15.4 Å². The lowest BCUT2D eigenvalue weighted by atomic mass is 9.98. The van der Waals surface area contributed by atoms with E-state index in [0.717, 1.165) is 5.56 Å². The fourth-order valence-corrected chi connectivity index (χ4v) is 2.43. The Kier molecular flexibility index (Phi) is 3.85. The van der Waals surface area contributed by atoms with Crippen LogP contribution in [0.25, 0.3) is 0 Å². The molecule has 0 bridgehead atoms. The molecule has 1 amide bonds. The van der Waals surface area contributed by atoms with Crippen molar-refractivity contribution < 1.29 is 14.3 Å². The van der Waals surface area contributed by atoms with Gasteiger partial charge < -0.3 is 4.74 Å². The number of rotatable bonds is 3. The van der Waals surface area contributed by atoms with Crippen LogP contribution >= 0.6 is 0 Å². The Labute approximate surface area is 133 Å². The summed E-state index contributed by atoms with van der Waals surface area (Å²) >= 11 is 0. The summed E-state index contributed by atoms with van der Waals surface area (Å²) in [5.74, 6) is 0.264. The summed E-state index contributed by atoms with van der Waals surface area (Å²) in [6.45, 7) is 3.95. The fourth-order valence-electron chi connectivity index (χ4n) is 2.43. The molecular weight excluding hydrogens is 296 g/mol. The molecule has 3 rings (SSSR count). The number of ether oxygens (including phenoxy) is 1. The normalized spacial score (nSPS) is 16.9. The van der Waals surface area contributed by atoms with Crippen molar-refractivity contribution in [2.75, 3.05) is 5.32 Å². The number of hydrogen-bond donors (Lipinski definition) is 1. The number of esters is 1. The summed E-state index contributed by atoms with van der Waals surface area (Å²) < 4.78 is 6.74. The van der Waals surface area contributed by atoms with Crippen molar-refractivity contribution >= 4 is 17.8 Å². The van der Waals surface area contributed by atoms with Gasteiger partial charge >= 0.3 is 5.97 Å². The third kappa shape index (κ3) is 2.94. The first-order valence-electron chi connectivity index (χ1n) is 7.46. The van der Waals surface area contributed by atoms with E-state index >= 15 is 0 Å². The molecule has 7 nitrogen and oxygen atoms in total. The third-order valence-electron chi connectivity index (χ3n) is 3.72. The van der Waals surface area contributed by atoms with Crippen molar-refractivity contribution in [3.05, 3.63) is 41.2 Å². The highest BCUT2D eigenvalue weighted by Crippen LogP contribution is 2.21. The van der Waals surface area contributed by atoms with E-state index < -0.39 is 18.0 Å². The van der Waals surface area contributed by atoms with Crippen LogP contribution in [-0.4, -0.2) is 32.7 Å². The number of fused-ring (bicyclic) bond motifs is 1. The predicted octanol–water partition coefficient (Wildman–Crippen LogP) is 1.66. The molecule has 1 N–H and O–H groups in total. The van der Waals surface area contributed by atoms with Crippen LogP contribution in [0.1, 0.15) is 41.5 Å². The summed E-state index contributed by atoms with van der Waals surface area (Å²) in [5.41, 5.74) is 1.32. The number of hydrogen-bond acceptors (Lipinski definition) is 5. The Bertz CT molecular complexity index is 766. The van der Waals surface area contributed by atoms with Gasteiger partial charge in [0.05, 0.1) is 5.56 Å². The second-order valence-corrected chi connectivity index (χ2v) is 5.82. The number of benzene rings is 1. The standard InChI is InChI=1S/C16H18N4O3/c1-9(2)13-17-16(20(3)19-13)18-14(21)12-8-10-6-4-5-7-11(10)15(22)23-12/h4-7,9,12H,8H2,1-3H3,(H,17,18,19,21). The molecule has 1 aromatic heterocycles. The first kappa shape index (κ1) is 15.2. The maximum absolute atomic E-state index is 12.4. The van der Waals surface area contributed by atoms with Crippen molar-refractivity contribution in [1.29, 1.82) is 0 Å². The molecular formula is C16H18N4O3. The molecule has 0 spiro atoms. The van der Waals surface area contributed by atoms with E-state index in [-0.39, 0.29) is 5.92 Å². The first-order valence-corrected chi connectivity index (χ1v) is 7.46. The van der Waals surface area contributed by atoms with Crippen LogP contribution in [0.5, 0.6) is 0 Å². The van der Waals surface area contributed by atoms with Gasteiger partial charge in [-0.3, -0.25) is 10.1 Å². The highest BCUT2D eigenvalue weighted by atomic mass is 16.5. The lowest BCUT2D eigenvalue weighted by Crippen LogP contribution is -2.38. The maximum atomic E-state index is 12.4. The number of carbonyl (C=O) groups excluding carboxylic acids is 2. The van der Waals surface area contributed by atoms with Gasteiger partial charge in [-0.25, -0.2) is 9.48 Å². The summed E-state index contributed by atoms with van der Waals surface area (Å²) in [6.07, 6.45) is -0.514. The molecule has 120 valence electrons. The van der Waals surface area contributed by atoms with E-state index in [1.807, 2.05) is 26.0 Å². The Morgan fingerprint density at radius 2 is 2.13 bits per heavy atom. The van der Waals surface area contributed by atoms with Crippen molar-refractivity contribution in [1.82, 2.24) is 14.8 Å². The van der Waals surface area contributed by atoms with Gasteiger partial charge in [0.25, 0.3) is 5.91 Å². The first-order chi connectivity index (χ1) is 11.0. The van der Waals surface area contributed by atoms with Gasteiger partial charge in [0, 0.05) is 19.4 Å². The number of carbonyl (C=O) groups is 2. The second-order valence-electron chi connectivity index (χ2n) is 5.82. The molecule has 2 heterocycles. The van der Waals surface area contributed by atoms with E-state index in [9.17, 15) is 9.59 Å². The monoisotopic (exact) mass is 314 g/mol. The topological polar surface area (TPSA) is 86.1 Å². The summed E-state index contributed by atoms with van der Waals surface area (Å²) in [7, 11) is 1.71. The number of aromatic nitrogens is 3. The number of anilines is 1. The zero-order valence-corrected chi connectivity index (χ0v) is 13.2. The summed E-state index contributed by atoms with van der Waals surface area (Å²) in [4.78, 5) is 28.6. The Balaban J connectivity index is 1.76. The molecule has 23 heavy (non-hydrogen) atoms. The number of amides is 1. The van der Waals surface area contributed by atoms with Crippen molar-refractivity contribution in [3.8, 4) is 0 Å². The summed E-state index contributed by atoms with van der Waals surface area (Å²) in [5, 5.41) is 6.92. The van der Waals surface area contributed by atoms with Gasteiger partial charge in [0.15, 0.2) is 11.9 Å². The van der Waals surface area contributed by atoms with E-state index in [0.29, 0.717) is 23.8 Å². The van der Waals surface area contributed by atoms with E-state index in [1.165, 1.54) is 4.68 Å². The maximum Gasteiger partial charge on any atom is 0.339 e. The molecule has 0 fully saturated rings. The van der Waals surface area contributed by atoms with Crippen molar-refractivity contribution in [3.63, 3.8) is 0 Å². The van der Waals surface area contributed by atoms with Crippen molar-refractivity contribution in [2.45, 2.75) is 32.3 Å². The predicted molar refractivity (Wildman–Crippen MR) is 83.1 cm³/mol. The molecule has 1 aliphatic heterocycles. The van der Waals surface area contributed by atoms with Gasteiger partial charge in [-0.05, 0) is 11.6 Å². The number of nitrogens with one attached hydrogen (secondary N) is 1. The molecule has 1 atom stereocenters. The molecule has 0 aliphatic carbocycles. The van der Waals surface area contributed by atoms with Gasteiger partial charge in [-0.1, -0.05) is 32.0 Å². The largest absolute Gasteiger partial charge is 0.448 e. The lowest BCUT2D eigenvalue weighted by Gasteiger charge is -2.23. The van der Waals surface area contributed by atoms with Crippen molar-refractivity contribution in [2.24, 2.45) is 7.05 Å². The van der Waals surface area contributed by atoms with E-state index in [1.54, 1.807) is 19.2 Å². The molecule has 0 radical (unpaired) electrons. The van der Waals surface area contributed by atoms with Gasteiger partial charge in [0.1, 0.15) is 0 Å². The lowest BCUT2D eigenvalue weighted by molar-refractivity contribution is -0.125. The molecule has 1 aliphatic rings. The SMILES string of the molecule is CC(C)c1nc(NC(=O)C2Cc3ccccc3C(=O)O2)n(C)n1. The molecule has 1 aromatic carbocycles. The zero-order valence-electron chi connectivity index (χ0n) is 13.2. The van der Waals surface area contributed by atoms with E-state index in [4.69, 9.17) is 4.74 Å². The fraction of sp³-hybridized carbons (Fsp3) is 0.375. The van der Waals surface area contributed by atoms with Crippen LogP contribution in [0.15, 0.2) is 24.3 Å².